The highest BCUT2D eigenvalue weighted by Gasteiger charge is 2.37. The van der Waals surface area contributed by atoms with Gasteiger partial charge in [-0.3, -0.25) is 9.59 Å². The van der Waals surface area contributed by atoms with E-state index in [4.69, 9.17) is 14.0 Å². The lowest BCUT2D eigenvalue weighted by atomic mass is 10.0. The third-order valence-electron chi connectivity index (χ3n) is 5.52. The Morgan fingerprint density at radius 1 is 1.08 bits per heavy atom. The number of esters is 1. The van der Waals surface area contributed by atoms with Gasteiger partial charge in [0.05, 0.1) is 18.4 Å². The maximum Gasteiger partial charge on any atom is 0.437 e. The normalized spacial score (nSPS) is 12.0. The van der Waals surface area contributed by atoms with E-state index in [2.05, 4.69) is 10.5 Å². The van der Waals surface area contributed by atoms with Gasteiger partial charge in [-0.05, 0) is 56.9 Å². The van der Waals surface area contributed by atoms with E-state index in [0.717, 1.165) is 11.1 Å². The summed E-state index contributed by atoms with van der Waals surface area (Å²) >= 11 is 0. The Kier molecular flexibility index (Phi) is 9.40. The summed E-state index contributed by atoms with van der Waals surface area (Å²) in [6.07, 6.45) is -2.69. The molecule has 3 aromatic rings. The molecule has 1 amide bonds. The van der Waals surface area contributed by atoms with E-state index >= 15 is 0 Å². The number of benzene rings is 2. The summed E-state index contributed by atoms with van der Waals surface area (Å²) in [6.45, 7) is 7.87. The maximum atomic E-state index is 13.2. The minimum atomic E-state index is -4.61. The van der Waals surface area contributed by atoms with E-state index in [-0.39, 0.29) is 42.3 Å². The zero-order chi connectivity index (χ0) is 27.9. The SMILES string of the molecule is CCCc1c(OCCCC(=O)NCc2cccc(CC(=O)OC(C)(C)C)c2)ccc2c(C(F)(F)F)noc12. The van der Waals surface area contributed by atoms with Crippen molar-refractivity contribution < 1.29 is 36.8 Å². The number of carbonyl (C=O) groups excluding carboxylic acids is 2. The highest BCUT2D eigenvalue weighted by Crippen LogP contribution is 2.38. The number of halogens is 3. The van der Waals surface area contributed by atoms with Gasteiger partial charge in [-0.15, -0.1) is 0 Å². The molecule has 10 heteroatoms. The molecule has 0 spiro atoms. The first-order chi connectivity index (χ1) is 17.9. The number of ether oxygens (including phenoxy) is 2. The standard InChI is InChI=1S/C28H33F3N2O5/c1-5-8-20-22(13-12-21-25(20)38-33-26(21)28(29,30)31)36-14-7-11-23(34)32-17-19-10-6-9-18(15-19)16-24(35)37-27(2,3)4/h6,9-10,12-13,15H,5,7-8,11,14,16-17H2,1-4H3,(H,32,34). The summed E-state index contributed by atoms with van der Waals surface area (Å²) < 4.78 is 55.7. The average molecular weight is 535 g/mol. The molecule has 206 valence electrons. The van der Waals surface area contributed by atoms with Crippen LogP contribution < -0.4 is 10.1 Å². The molecule has 0 radical (unpaired) electrons. The zero-order valence-corrected chi connectivity index (χ0v) is 22.0. The lowest BCUT2D eigenvalue weighted by molar-refractivity contribution is -0.154. The van der Waals surface area contributed by atoms with Crippen LogP contribution in [0.3, 0.4) is 0 Å². The molecule has 0 bridgehead atoms. The molecule has 0 aliphatic heterocycles. The third kappa shape index (κ3) is 8.22. The molecule has 2 aromatic carbocycles. The molecule has 3 rings (SSSR count). The van der Waals surface area contributed by atoms with Crippen LogP contribution in [0.4, 0.5) is 13.2 Å². The highest BCUT2D eigenvalue weighted by atomic mass is 19.4. The van der Waals surface area contributed by atoms with Crippen LogP contribution in [-0.4, -0.2) is 29.2 Å². The highest BCUT2D eigenvalue weighted by molar-refractivity contribution is 5.85. The van der Waals surface area contributed by atoms with Crippen molar-refractivity contribution in [1.82, 2.24) is 10.5 Å². The van der Waals surface area contributed by atoms with E-state index in [1.54, 1.807) is 0 Å². The number of nitrogens with zero attached hydrogens (tertiary/aromatic N) is 1. The van der Waals surface area contributed by atoms with Gasteiger partial charge in [-0.1, -0.05) is 42.8 Å². The molecule has 0 fully saturated rings. The van der Waals surface area contributed by atoms with E-state index in [1.807, 2.05) is 52.0 Å². The molecule has 0 saturated carbocycles. The number of fused-ring (bicyclic) bond motifs is 1. The fourth-order valence-electron chi connectivity index (χ4n) is 3.97. The number of carbonyl (C=O) groups is 2. The summed E-state index contributed by atoms with van der Waals surface area (Å²) in [7, 11) is 0. The van der Waals surface area contributed by atoms with E-state index in [1.165, 1.54) is 12.1 Å². The largest absolute Gasteiger partial charge is 0.493 e. The molecule has 0 unspecified atom stereocenters. The van der Waals surface area contributed by atoms with Gasteiger partial charge in [0.2, 0.25) is 5.91 Å². The van der Waals surface area contributed by atoms with Crippen molar-refractivity contribution in [1.29, 1.82) is 0 Å². The van der Waals surface area contributed by atoms with Gasteiger partial charge in [0.25, 0.3) is 0 Å². The molecular formula is C28H33F3N2O5. The van der Waals surface area contributed by atoms with Gasteiger partial charge < -0.3 is 19.3 Å². The molecule has 1 aromatic heterocycles. The smallest absolute Gasteiger partial charge is 0.437 e. The van der Waals surface area contributed by atoms with Crippen LogP contribution in [0.15, 0.2) is 40.9 Å². The molecule has 7 nitrogen and oxygen atoms in total. The summed E-state index contributed by atoms with van der Waals surface area (Å²) in [6, 6.07) is 10.2. The molecular weight excluding hydrogens is 501 g/mol. The quantitative estimate of drug-likeness (QED) is 0.234. The first kappa shape index (κ1) is 29.0. The fourth-order valence-corrected chi connectivity index (χ4v) is 3.97. The number of hydrogen-bond donors (Lipinski definition) is 1. The predicted molar refractivity (Wildman–Crippen MR) is 136 cm³/mol. The number of hydrogen-bond acceptors (Lipinski definition) is 6. The second-order valence-electron chi connectivity index (χ2n) is 10.0. The van der Waals surface area contributed by atoms with Gasteiger partial charge in [0, 0.05) is 18.5 Å². The fraction of sp³-hybridized carbons (Fsp3) is 0.464. The second-order valence-corrected chi connectivity index (χ2v) is 10.0. The molecule has 1 N–H and O–H groups in total. The van der Waals surface area contributed by atoms with Gasteiger partial charge in [0.15, 0.2) is 11.3 Å². The average Bonchev–Trinajstić information content (AvgIpc) is 3.26. The number of aryl methyl sites for hydroxylation is 1. The lowest BCUT2D eigenvalue weighted by Gasteiger charge is -2.19. The monoisotopic (exact) mass is 534 g/mol. The van der Waals surface area contributed by atoms with Crippen LogP contribution in [0.25, 0.3) is 11.0 Å². The molecule has 0 saturated heterocycles. The Labute approximate surface area is 219 Å². The lowest BCUT2D eigenvalue weighted by Crippen LogP contribution is -2.25. The van der Waals surface area contributed by atoms with Crippen molar-refractivity contribution in [3.63, 3.8) is 0 Å². The van der Waals surface area contributed by atoms with Crippen LogP contribution in [-0.2, 0) is 39.9 Å². The summed E-state index contributed by atoms with van der Waals surface area (Å²) in [5, 5.41) is 5.97. The number of alkyl halides is 3. The summed E-state index contributed by atoms with van der Waals surface area (Å²) in [5.41, 5.74) is 0.658. The Hall–Kier alpha value is -3.56. The van der Waals surface area contributed by atoms with Gasteiger partial charge >= 0.3 is 12.1 Å². The van der Waals surface area contributed by atoms with Crippen LogP contribution in [0.2, 0.25) is 0 Å². The van der Waals surface area contributed by atoms with Gasteiger partial charge in [-0.25, -0.2) is 0 Å². The van der Waals surface area contributed by atoms with Crippen molar-refractivity contribution in [3.8, 4) is 5.75 Å². The minimum absolute atomic E-state index is 0.0725. The first-order valence-electron chi connectivity index (χ1n) is 12.5. The Bertz CT molecular complexity index is 1260. The van der Waals surface area contributed by atoms with Crippen molar-refractivity contribution in [2.45, 2.75) is 78.1 Å². The predicted octanol–water partition coefficient (Wildman–Crippen LogP) is 6.16. The molecule has 0 aliphatic carbocycles. The minimum Gasteiger partial charge on any atom is -0.493 e. The van der Waals surface area contributed by atoms with Crippen molar-refractivity contribution in [2.75, 3.05) is 6.61 Å². The van der Waals surface area contributed by atoms with Crippen LogP contribution in [0, 0.1) is 0 Å². The Morgan fingerprint density at radius 3 is 2.50 bits per heavy atom. The second kappa shape index (κ2) is 12.3. The molecule has 1 heterocycles. The zero-order valence-electron chi connectivity index (χ0n) is 22.0. The molecule has 0 aliphatic rings. The number of nitrogens with one attached hydrogen (secondary N) is 1. The Morgan fingerprint density at radius 2 is 1.82 bits per heavy atom. The van der Waals surface area contributed by atoms with E-state index in [9.17, 15) is 22.8 Å². The van der Waals surface area contributed by atoms with Crippen molar-refractivity contribution in [3.05, 3.63) is 58.8 Å². The number of amides is 1. The summed E-state index contributed by atoms with van der Waals surface area (Å²) in [5.74, 6) is -0.0594. The maximum absolute atomic E-state index is 13.2. The van der Waals surface area contributed by atoms with Crippen molar-refractivity contribution >= 4 is 22.8 Å². The first-order valence-corrected chi connectivity index (χ1v) is 12.5. The van der Waals surface area contributed by atoms with E-state index in [0.29, 0.717) is 37.1 Å². The molecule has 38 heavy (non-hydrogen) atoms. The third-order valence-corrected chi connectivity index (χ3v) is 5.52. The summed E-state index contributed by atoms with van der Waals surface area (Å²) in [4.78, 5) is 24.4. The van der Waals surface area contributed by atoms with Gasteiger partial charge in [0.1, 0.15) is 11.4 Å². The molecule has 0 atom stereocenters. The van der Waals surface area contributed by atoms with Crippen LogP contribution >= 0.6 is 0 Å². The van der Waals surface area contributed by atoms with Crippen LogP contribution in [0.1, 0.15) is 69.3 Å². The topological polar surface area (TPSA) is 90.7 Å². The number of aromatic nitrogens is 1. The Balaban J connectivity index is 1.49. The number of rotatable bonds is 11. The van der Waals surface area contributed by atoms with Gasteiger partial charge in [-0.2, -0.15) is 13.2 Å². The van der Waals surface area contributed by atoms with Crippen molar-refractivity contribution in [2.24, 2.45) is 0 Å². The van der Waals surface area contributed by atoms with E-state index < -0.39 is 17.5 Å². The van der Waals surface area contributed by atoms with Crippen LogP contribution in [0.5, 0.6) is 5.75 Å².